The minimum atomic E-state index is -4.41. The van der Waals surface area contributed by atoms with E-state index in [0.717, 1.165) is 0 Å². The second-order valence-electron chi connectivity index (χ2n) is 5.59. The van der Waals surface area contributed by atoms with Gasteiger partial charge in [0.05, 0.1) is 5.88 Å². The van der Waals surface area contributed by atoms with Gasteiger partial charge in [0.15, 0.2) is 0 Å². The van der Waals surface area contributed by atoms with Crippen LogP contribution in [0.4, 0.5) is 13.2 Å². The van der Waals surface area contributed by atoms with Gasteiger partial charge in [-0.2, -0.15) is 13.2 Å². The second-order valence-corrected chi connectivity index (χ2v) is 6.59. The van der Waals surface area contributed by atoms with Gasteiger partial charge in [0, 0.05) is 45.4 Å². The van der Waals surface area contributed by atoms with Crippen molar-refractivity contribution in [3.05, 3.63) is 0 Å². The zero-order valence-corrected chi connectivity index (χ0v) is 13.7. The number of amides is 2. The van der Waals surface area contributed by atoms with E-state index in [0.29, 0.717) is 37.8 Å². The van der Waals surface area contributed by atoms with Gasteiger partial charge >= 0.3 is 6.18 Å². The van der Waals surface area contributed by atoms with Crippen LogP contribution in [0.1, 0.15) is 6.92 Å². The van der Waals surface area contributed by atoms with Gasteiger partial charge in [-0.1, -0.05) is 0 Å². The maximum Gasteiger partial charge on any atom is 0.405 e. The number of carbonyl (C=O) groups excluding carboxylic acids is 2. The van der Waals surface area contributed by atoms with Crippen molar-refractivity contribution in [1.29, 1.82) is 0 Å². The Morgan fingerprint density at radius 1 is 1.35 bits per heavy atom. The smallest absolute Gasteiger partial charge is 0.352 e. The van der Waals surface area contributed by atoms with Crippen LogP contribution in [0.5, 0.6) is 0 Å². The van der Waals surface area contributed by atoms with Crippen LogP contribution in [0.25, 0.3) is 0 Å². The number of hydrogen-bond donors (Lipinski definition) is 2. The molecule has 0 radical (unpaired) electrons. The van der Waals surface area contributed by atoms with Gasteiger partial charge in [0.2, 0.25) is 11.8 Å². The van der Waals surface area contributed by atoms with E-state index in [1.165, 1.54) is 28.5 Å². The molecule has 2 aliphatic rings. The molecule has 2 unspecified atom stereocenters. The molecule has 2 aliphatic heterocycles. The topological polar surface area (TPSA) is 64.7 Å². The molecule has 0 spiro atoms. The first-order valence-electron chi connectivity index (χ1n) is 7.45. The Bertz CT molecular complexity index is 443. The van der Waals surface area contributed by atoms with Crippen molar-refractivity contribution >= 4 is 23.6 Å². The minimum absolute atomic E-state index is 0.246. The molecule has 2 atom stereocenters. The maximum absolute atomic E-state index is 13.3. The summed E-state index contributed by atoms with van der Waals surface area (Å²) in [5.74, 6) is 0.0446. The number of nitrogens with zero attached hydrogens (tertiary/aromatic N) is 2. The lowest BCUT2D eigenvalue weighted by molar-refractivity contribution is -0.184. The number of halogens is 3. The van der Waals surface area contributed by atoms with Gasteiger partial charge in [-0.25, -0.2) is 0 Å². The van der Waals surface area contributed by atoms with Crippen molar-refractivity contribution < 1.29 is 22.8 Å². The van der Waals surface area contributed by atoms with E-state index in [2.05, 4.69) is 10.6 Å². The molecule has 2 fully saturated rings. The Hall–Kier alpha value is -1.00. The number of hydrogen-bond acceptors (Lipinski definition) is 5. The molecule has 10 heteroatoms. The second kappa shape index (κ2) is 7.71. The lowest BCUT2D eigenvalue weighted by atomic mass is 10.2. The highest BCUT2D eigenvalue weighted by Crippen LogP contribution is 2.25. The summed E-state index contributed by atoms with van der Waals surface area (Å²) in [6, 6.07) is -2.39. The van der Waals surface area contributed by atoms with Crippen molar-refractivity contribution in [2.45, 2.75) is 25.2 Å². The minimum Gasteiger partial charge on any atom is -0.352 e. The van der Waals surface area contributed by atoms with Gasteiger partial charge in [0.25, 0.3) is 0 Å². The highest BCUT2D eigenvalue weighted by atomic mass is 32.2. The Morgan fingerprint density at radius 3 is 2.57 bits per heavy atom. The van der Waals surface area contributed by atoms with E-state index < -0.39 is 30.7 Å². The van der Waals surface area contributed by atoms with Gasteiger partial charge in [-0.3, -0.25) is 14.5 Å². The standard InChI is InChI=1S/C13H21F3N4O2S/c1-9(21)20-8-23-7-10(20)12(22)18-6-11(13(14,15)16)19-4-2-17-3-5-19/h10-11,17H,2-8H2,1H3,(H,18,22). The molecule has 132 valence electrons. The van der Waals surface area contributed by atoms with Crippen LogP contribution in [-0.2, 0) is 9.59 Å². The summed E-state index contributed by atoms with van der Waals surface area (Å²) in [6.45, 7) is 2.44. The molecule has 2 heterocycles. The number of thioether (sulfide) groups is 1. The van der Waals surface area contributed by atoms with Gasteiger partial charge < -0.3 is 15.5 Å². The normalized spacial score (nSPS) is 24.5. The molecule has 2 amide bonds. The van der Waals surface area contributed by atoms with Gasteiger partial charge in [0.1, 0.15) is 12.1 Å². The van der Waals surface area contributed by atoms with E-state index in [4.69, 9.17) is 0 Å². The molecular formula is C13H21F3N4O2S. The van der Waals surface area contributed by atoms with Crippen molar-refractivity contribution in [2.24, 2.45) is 0 Å². The molecule has 6 nitrogen and oxygen atoms in total. The van der Waals surface area contributed by atoms with Crippen LogP contribution >= 0.6 is 11.8 Å². The first kappa shape index (κ1) is 18.3. The van der Waals surface area contributed by atoms with Crippen LogP contribution in [0.3, 0.4) is 0 Å². The molecule has 0 aromatic rings. The van der Waals surface area contributed by atoms with E-state index in [9.17, 15) is 22.8 Å². The predicted octanol–water partition coefficient (Wildman–Crippen LogP) is -0.140. The van der Waals surface area contributed by atoms with Crippen LogP contribution in [-0.4, -0.2) is 84.2 Å². The molecule has 2 rings (SSSR count). The first-order chi connectivity index (χ1) is 10.8. The fourth-order valence-electron chi connectivity index (χ4n) is 2.73. The van der Waals surface area contributed by atoms with Crippen LogP contribution in [0.15, 0.2) is 0 Å². The first-order valence-corrected chi connectivity index (χ1v) is 8.60. The van der Waals surface area contributed by atoms with Crippen LogP contribution in [0, 0.1) is 0 Å². The molecule has 0 bridgehead atoms. The number of rotatable bonds is 4. The summed E-state index contributed by atoms with van der Waals surface area (Å²) in [4.78, 5) is 26.3. The molecule has 2 saturated heterocycles. The van der Waals surface area contributed by atoms with Crippen LogP contribution < -0.4 is 10.6 Å². The summed E-state index contributed by atoms with van der Waals surface area (Å²) in [5.41, 5.74) is 0. The fraction of sp³-hybridized carbons (Fsp3) is 0.846. The Balaban J connectivity index is 1.95. The quantitative estimate of drug-likeness (QED) is 0.736. The third-order valence-electron chi connectivity index (χ3n) is 4.03. The van der Waals surface area contributed by atoms with E-state index in [1.54, 1.807) is 0 Å². The summed E-state index contributed by atoms with van der Waals surface area (Å²) in [6.07, 6.45) is -4.41. The Kier molecular flexibility index (Phi) is 6.15. The average molecular weight is 354 g/mol. The van der Waals surface area contributed by atoms with Crippen LogP contribution in [0.2, 0.25) is 0 Å². The zero-order chi connectivity index (χ0) is 17.0. The molecule has 0 aromatic carbocycles. The number of piperazine rings is 1. The monoisotopic (exact) mass is 354 g/mol. The molecule has 2 N–H and O–H groups in total. The summed E-state index contributed by atoms with van der Waals surface area (Å²) >= 11 is 1.42. The van der Waals surface area contributed by atoms with Crippen molar-refractivity contribution in [3.63, 3.8) is 0 Å². The maximum atomic E-state index is 13.3. The van der Waals surface area contributed by atoms with E-state index >= 15 is 0 Å². The summed E-state index contributed by atoms with van der Waals surface area (Å²) in [7, 11) is 0. The molecular weight excluding hydrogens is 333 g/mol. The largest absolute Gasteiger partial charge is 0.405 e. The third kappa shape index (κ3) is 4.74. The Morgan fingerprint density at radius 2 is 2.00 bits per heavy atom. The predicted molar refractivity (Wildman–Crippen MR) is 80.9 cm³/mol. The number of nitrogens with one attached hydrogen (secondary N) is 2. The highest BCUT2D eigenvalue weighted by Gasteiger charge is 2.44. The number of carbonyl (C=O) groups is 2. The van der Waals surface area contributed by atoms with Crippen molar-refractivity contribution in [2.75, 3.05) is 44.4 Å². The molecule has 0 saturated carbocycles. The summed E-state index contributed by atoms with van der Waals surface area (Å²) in [5, 5.41) is 5.39. The van der Waals surface area contributed by atoms with Gasteiger partial charge in [-0.15, -0.1) is 11.8 Å². The summed E-state index contributed by atoms with van der Waals surface area (Å²) < 4.78 is 39.8. The zero-order valence-electron chi connectivity index (χ0n) is 12.9. The fourth-order valence-corrected chi connectivity index (χ4v) is 3.95. The lowest BCUT2D eigenvalue weighted by Gasteiger charge is -2.36. The molecule has 23 heavy (non-hydrogen) atoms. The number of alkyl halides is 3. The lowest BCUT2D eigenvalue weighted by Crippen LogP contribution is -2.58. The van der Waals surface area contributed by atoms with E-state index in [1.807, 2.05) is 0 Å². The molecule has 0 aliphatic carbocycles. The van der Waals surface area contributed by atoms with E-state index in [-0.39, 0.29) is 5.91 Å². The third-order valence-corrected chi connectivity index (χ3v) is 5.04. The molecule has 0 aromatic heterocycles. The SMILES string of the molecule is CC(=O)N1CSCC1C(=O)NCC(N1CCNCC1)C(F)(F)F. The van der Waals surface area contributed by atoms with Crippen molar-refractivity contribution in [3.8, 4) is 0 Å². The average Bonchev–Trinajstić information content (AvgIpc) is 2.96. The van der Waals surface area contributed by atoms with Crippen molar-refractivity contribution in [1.82, 2.24) is 20.4 Å². The van der Waals surface area contributed by atoms with Gasteiger partial charge in [-0.05, 0) is 0 Å². The Labute approximate surface area is 137 Å². The highest BCUT2D eigenvalue weighted by molar-refractivity contribution is 7.99.